The third-order valence-electron chi connectivity index (χ3n) is 2.89. The van der Waals surface area contributed by atoms with Gasteiger partial charge in [0.15, 0.2) is 5.78 Å². The van der Waals surface area contributed by atoms with Crippen LogP contribution in [0.2, 0.25) is 0 Å². The maximum Gasteiger partial charge on any atom is 0.321 e. The molecule has 0 fully saturated rings. The molecular formula is C11H10O3. The summed E-state index contributed by atoms with van der Waals surface area (Å²) < 4.78 is 0. The second-order valence-electron chi connectivity index (χ2n) is 3.69. The highest BCUT2D eigenvalue weighted by Crippen LogP contribution is 2.35. The van der Waals surface area contributed by atoms with Crippen LogP contribution in [-0.2, 0) is 21.4 Å². The van der Waals surface area contributed by atoms with Gasteiger partial charge in [-0.3, -0.25) is 9.59 Å². The molecule has 0 bridgehead atoms. The molecular weight excluding hydrogens is 180 g/mol. The van der Waals surface area contributed by atoms with Gasteiger partial charge in [-0.15, -0.1) is 0 Å². The van der Waals surface area contributed by atoms with E-state index in [1.165, 1.54) is 6.92 Å². The van der Waals surface area contributed by atoms with Crippen LogP contribution in [0.25, 0.3) is 0 Å². The van der Waals surface area contributed by atoms with Crippen LogP contribution in [0.5, 0.6) is 0 Å². The molecule has 1 unspecified atom stereocenters. The minimum Gasteiger partial charge on any atom is -0.480 e. The molecule has 0 saturated carbocycles. The number of hydrogen-bond acceptors (Lipinski definition) is 2. The Hall–Kier alpha value is -1.64. The van der Waals surface area contributed by atoms with Gasteiger partial charge in [-0.25, -0.2) is 0 Å². The minimum absolute atomic E-state index is 0.230. The third-order valence-corrected chi connectivity index (χ3v) is 2.89. The van der Waals surface area contributed by atoms with E-state index in [0.29, 0.717) is 5.56 Å². The Labute approximate surface area is 81.4 Å². The number of carbonyl (C=O) groups is 2. The van der Waals surface area contributed by atoms with Gasteiger partial charge < -0.3 is 5.11 Å². The normalized spacial score (nSPS) is 24.8. The number of rotatable bonds is 1. The van der Waals surface area contributed by atoms with Crippen LogP contribution in [0, 0.1) is 0 Å². The van der Waals surface area contributed by atoms with Gasteiger partial charge in [0.2, 0.25) is 0 Å². The Morgan fingerprint density at radius 3 is 2.71 bits per heavy atom. The summed E-state index contributed by atoms with van der Waals surface area (Å²) in [7, 11) is 0. The zero-order valence-corrected chi connectivity index (χ0v) is 7.78. The van der Waals surface area contributed by atoms with E-state index in [1.54, 1.807) is 18.2 Å². The molecule has 3 heteroatoms. The SMILES string of the molecule is CC1(C(=O)O)C(=O)Cc2ccccc21. The van der Waals surface area contributed by atoms with E-state index in [9.17, 15) is 9.59 Å². The van der Waals surface area contributed by atoms with E-state index >= 15 is 0 Å². The first-order valence-electron chi connectivity index (χ1n) is 4.42. The number of fused-ring (bicyclic) bond motifs is 1. The number of carbonyl (C=O) groups excluding carboxylic acids is 1. The Morgan fingerprint density at radius 1 is 1.43 bits per heavy atom. The van der Waals surface area contributed by atoms with Crippen molar-refractivity contribution in [3.05, 3.63) is 35.4 Å². The fourth-order valence-electron chi connectivity index (χ4n) is 1.90. The molecule has 0 aromatic heterocycles. The minimum atomic E-state index is -1.34. The summed E-state index contributed by atoms with van der Waals surface area (Å²) in [6.45, 7) is 1.48. The zero-order valence-electron chi connectivity index (χ0n) is 7.78. The maximum absolute atomic E-state index is 11.6. The van der Waals surface area contributed by atoms with Gasteiger partial charge in [0.1, 0.15) is 5.41 Å². The molecule has 0 saturated heterocycles. The number of carboxylic acid groups (broad SMARTS) is 1. The summed E-state index contributed by atoms with van der Waals surface area (Å²) >= 11 is 0. The van der Waals surface area contributed by atoms with E-state index in [-0.39, 0.29) is 12.2 Å². The van der Waals surface area contributed by atoms with Gasteiger partial charge in [-0.2, -0.15) is 0 Å². The monoisotopic (exact) mass is 190 g/mol. The Morgan fingerprint density at radius 2 is 2.07 bits per heavy atom. The topological polar surface area (TPSA) is 54.4 Å². The van der Waals surface area contributed by atoms with Crippen LogP contribution >= 0.6 is 0 Å². The van der Waals surface area contributed by atoms with Crippen LogP contribution in [0.1, 0.15) is 18.1 Å². The van der Waals surface area contributed by atoms with Crippen LogP contribution in [0.4, 0.5) is 0 Å². The molecule has 0 heterocycles. The second-order valence-corrected chi connectivity index (χ2v) is 3.69. The number of carboxylic acids is 1. The smallest absolute Gasteiger partial charge is 0.321 e. The van der Waals surface area contributed by atoms with Crippen LogP contribution in [0.15, 0.2) is 24.3 Å². The van der Waals surface area contributed by atoms with Crippen molar-refractivity contribution in [3.8, 4) is 0 Å². The largest absolute Gasteiger partial charge is 0.480 e. The molecule has 1 aromatic carbocycles. The van der Waals surface area contributed by atoms with E-state index in [0.717, 1.165) is 5.56 Å². The van der Waals surface area contributed by atoms with Crippen molar-refractivity contribution >= 4 is 11.8 Å². The number of aliphatic carboxylic acids is 1. The predicted molar refractivity (Wildman–Crippen MR) is 50.1 cm³/mol. The third kappa shape index (κ3) is 0.923. The summed E-state index contributed by atoms with van der Waals surface area (Å²) in [6.07, 6.45) is 0.235. The molecule has 1 aliphatic rings. The second kappa shape index (κ2) is 2.67. The van der Waals surface area contributed by atoms with Crippen molar-refractivity contribution in [1.82, 2.24) is 0 Å². The molecule has 0 spiro atoms. The first kappa shape index (κ1) is 8.94. The lowest BCUT2D eigenvalue weighted by molar-refractivity contribution is -0.147. The standard InChI is InChI=1S/C11H10O3/c1-11(10(13)14)8-5-3-2-4-7(8)6-9(11)12/h2-5H,6H2,1H3,(H,13,14). The van der Waals surface area contributed by atoms with Gasteiger partial charge in [-0.1, -0.05) is 24.3 Å². The average molecular weight is 190 g/mol. The fourth-order valence-corrected chi connectivity index (χ4v) is 1.90. The summed E-state index contributed by atoms with van der Waals surface area (Å²) in [5.74, 6) is -1.29. The Balaban J connectivity index is 2.66. The quantitative estimate of drug-likeness (QED) is 0.676. The van der Waals surface area contributed by atoms with E-state index in [4.69, 9.17) is 5.11 Å². The molecule has 0 radical (unpaired) electrons. The molecule has 1 aliphatic carbocycles. The highest BCUT2D eigenvalue weighted by atomic mass is 16.4. The van der Waals surface area contributed by atoms with Gasteiger partial charge in [0.25, 0.3) is 0 Å². The van der Waals surface area contributed by atoms with Crippen molar-refractivity contribution < 1.29 is 14.7 Å². The van der Waals surface area contributed by atoms with E-state index < -0.39 is 11.4 Å². The first-order valence-corrected chi connectivity index (χ1v) is 4.42. The number of Topliss-reactive ketones (excluding diaryl/α,β-unsaturated/α-hetero) is 1. The lowest BCUT2D eigenvalue weighted by atomic mass is 9.83. The highest BCUT2D eigenvalue weighted by molar-refractivity contribution is 6.12. The predicted octanol–water partition coefficient (Wildman–Crippen LogP) is 1.15. The van der Waals surface area contributed by atoms with Gasteiger partial charge >= 0.3 is 5.97 Å². The summed E-state index contributed by atoms with van der Waals surface area (Å²) in [5.41, 5.74) is 0.135. The van der Waals surface area contributed by atoms with E-state index in [1.807, 2.05) is 6.07 Å². The van der Waals surface area contributed by atoms with Crippen molar-refractivity contribution in [2.75, 3.05) is 0 Å². The average Bonchev–Trinajstić information content (AvgIpc) is 2.41. The molecule has 0 aliphatic heterocycles. The number of hydrogen-bond donors (Lipinski definition) is 1. The van der Waals surface area contributed by atoms with Crippen LogP contribution in [0.3, 0.4) is 0 Å². The highest BCUT2D eigenvalue weighted by Gasteiger charge is 2.48. The first-order chi connectivity index (χ1) is 6.56. The van der Waals surface area contributed by atoms with Crippen molar-refractivity contribution in [1.29, 1.82) is 0 Å². The van der Waals surface area contributed by atoms with Crippen molar-refractivity contribution in [2.24, 2.45) is 0 Å². The molecule has 1 aromatic rings. The Kier molecular flexibility index (Phi) is 1.71. The lowest BCUT2D eigenvalue weighted by Gasteiger charge is -2.17. The molecule has 3 nitrogen and oxygen atoms in total. The van der Waals surface area contributed by atoms with Gasteiger partial charge in [0.05, 0.1) is 0 Å². The lowest BCUT2D eigenvalue weighted by Crippen LogP contribution is -2.37. The maximum atomic E-state index is 11.6. The number of benzene rings is 1. The molecule has 72 valence electrons. The van der Waals surface area contributed by atoms with E-state index in [2.05, 4.69) is 0 Å². The zero-order chi connectivity index (χ0) is 10.3. The molecule has 1 atom stereocenters. The fraction of sp³-hybridized carbons (Fsp3) is 0.273. The molecule has 1 N–H and O–H groups in total. The van der Waals surface area contributed by atoms with Crippen LogP contribution in [-0.4, -0.2) is 16.9 Å². The van der Waals surface area contributed by atoms with Crippen molar-refractivity contribution in [2.45, 2.75) is 18.8 Å². The van der Waals surface area contributed by atoms with Gasteiger partial charge in [0, 0.05) is 6.42 Å². The molecule has 14 heavy (non-hydrogen) atoms. The molecule has 2 rings (SSSR count). The summed E-state index contributed by atoms with van der Waals surface area (Å²) in [5, 5.41) is 9.07. The number of ketones is 1. The molecule has 0 amide bonds. The Bertz CT molecular complexity index is 422. The van der Waals surface area contributed by atoms with Crippen molar-refractivity contribution in [3.63, 3.8) is 0 Å². The van der Waals surface area contributed by atoms with Gasteiger partial charge in [-0.05, 0) is 18.1 Å². The summed E-state index contributed by atoms with van der Waals surface area (Å²) in [4.78, 5) is 22.7. The van der Waals surface area contributed by atoms with Crippen LogP contribution < -0.4 is 0 Å². The summed E-state index contributed by atoms with van der Waals surface area (Å²) in [6, 6.07) is 7.11.